The number of benzene rings is 1. The Kier molecular flexibility index (Phi) is 4.65. The molecule has 0 fully saturated rings. The van der Waals surface area contributed by atoms with Gasteiger partial charge in [-0.25, -0.2) is 4.79 Å². The van der Waals surface area contributed by atoms with Gasteiger partial charge in [-0.15, -0.1) is 0 Å². The Labute approximate surface area is 128 Å². The van der Waals surface area contributed by atoms with Crippen molar-refractivity contribution >= 4 is 17.6 Å². The Morgan fingerprint density at radius 3 is 2.57 bits per heavy atom. The van der Waals surface area contributed by atoms with Gasteiger partial charge in [0, 0.05) is 0 Å². The Bertz CT molecular complexity index is 627. The predicted molar refractivity (Wildman–Crippen MR) is 81.4 cm³/mol. The molecule has 2 aromatic rings. The van der Waals surface area contributed by atoms with E-state index in [1.165, 1.54) is 6.20 Å². The van der Waals surface area contributed by atoms with Gasteiger partial charge in [0.2, 0.25) is 0 Å². The Morgan fingerprint density at radius 1 is 1.43 bits per heavy atom. The first-order valence-corrected chi connectivity index (χ1v) is 7.11. The van der Waals surface area contributed by atoms with Crippen LogP contribution in [0.25, 0.3) is 0 Å². The second-order valence-corrected chi connectivity index (χ2v) is 5.25. The van der Waals surface area contributed by atoms with Crippen LogP contribution >= 0.6 is 11.6 Å². The Hall–Kier alpha value is -1.85. The molecule has 0 aliphatic carbocycles. The molecular formula is C15H18ClN3O2. The maximum absolute atomic E-state index is 12.0. The molecule has 21 heavy (non-hydrogen) atoms. The van der Waals surface area contributed by atoms with Crippen molar-refractivity contribution in [1.29, 1.82) is 0 Å². The molecule has 0 aliphatic heterocycles. The van der Waals surface area contributed by atoms with Crippen LogP contribution in [0.4, 0.5) is 0 Å². The van der Waals surface area contributed by atoms with Crippen LogP contribution in [0.1, 0.15) is 18.2 Å². The second kappa shape index (κ2) is 6.28. The van der Waals surface area contributed by atoms with Crippen molar-refractivity contribution in [2.75, 3.05) is 6.54 Å². The van der Waals surface area contributed by atoms with Crippen LogP contribution in [0.2, 0.25) is 5.02 Å². The number of hydrogen-bond donors (Lipinski definition) is 2. The van der Waals surface area contributed by atoms with Gasteiger partial charge in [-0.2, -0.15) is 5.10 Å². The minimum Gasteiger partial charge on any atom is -0.480 e. The van der Waals surface area contributed by atoms with Crippen molar-refractivity contribution in [3.8, 4) is 0 Å². The largest absolute Gasteiger partial charge is 0.480 e. The number of hydrogen-bond acceptors (Lipinski definition) is 3. The van der Waals surface area contributed by atoms with Gasteiger partial charge in [0.1, 0.15) is 0 Å². The first-order chi connectivity index (χ1) is 10.0. The molecule has 1 unspecified atom stereocenters. The summed E-state index contributed by atoms with van der Waals surface area (Å²) >= 11 is 6.01. The zero-order valence-corrected chi connectivity index (χ0v) is 12.8. The summed E-state index contributed by atoms with van der Waals surface area (Å²) in [5.41, 5.74) is 0.192. The van der Waals surface area contributed by atoms with Crippen LogP contribution in [-0.2, 0) is 16.9 Å². The number of carbonyl (C=O) groups is 1. The summed E-state index contributed by atoms with van der Waals surface area (Å²) in [6, 6.07) is 9.12. The predicted octanol–water partition coefficient (Wildman–Crippen LogP) is 2.43. The molecule has 0 saturated heterocycles. The van der Waals surface area contributed by atoms with Gasteiger partial charge in [0.15, 0.2) is 5.54 Å². The van der Waals surface area contributed by atoms with E-state index in [0.717, 1.165) is 5.69 Å². The van der Waals surface area contributed by atoms with E-state index in [9.17, 15) is 9.90 Å². The van der Waals surface area contributed by atoms with Crippen LogP contribution in [-0.4, -0.2) is 27.4 Å². The van der Waals surface area contributed by atoms with Gasteiger partial charge >= 0.3 is 5.97 Å². The number of aliphatic carboxylic acids is 1. The molecule has 1 aromatic heterocycles. The molecule has 2 N–H and O–H groups in total. The van der Waals surface area contributed by atoms with Crippen molar-refractivity contribution in [3.05, 3.63) is 52.8 Å². The molecule has 1 atom stereocenters. The van der Waals surface area contributed by atoms with Gasteiger partial charge in [0.05, 0.1) is 23.5 Å². The van der Waals surface area contributed by atoms with Gasteiger partial charge in [-0.3, -0.25) is 10.00 Å². The monoisotopic (exact) mass is 307 g/mol. The van der Waals surface area contributed by atoms with E-state index in [2.05, 4.69) is 10.4 Å². The van der Waals surface area contributed by atoms with Gasteiger partial charge in [-0.1, -0.05) is 48.9 Å². The minimum atomic E-state index is -1.24. The molecule has 1 aromatic carbocycles. The van der Waals surface area contributed by atoms with Crippen molar-refractivity contribution in [2.45, 2.75) is 25.9 Å². The highest BCUT2D eigenvalue weighted by atomic mass is 35.5. The average molecular weight is 308 g/mol. The van der Waals surface area contributed by atoms with Crippen LogP contribution in [0.5, 0.6) is 0 Å². The lowest BCUT2D eigenvalue weighted by molar-refractivity contribution is -0.146. The minimum absolute atomic E-state index is 0.165. The summed E-state index contributed by atoms with van der Waals surface area (Å²) in [7, 11) is 0. The van der Waals surface area contributed by atoms with Crippen LogP contribution in [0.3, 0.4) is 0 Å². The third kappa shape index (κ3) is 2.94. The fraction of sp³-hybridized carbons (Fsp3) is 0.333. The van der Waals surface area contributed by atoms with E-state index in [1.54, 1.807) is 16.8 Å². The van der Waals surface area contributed by atoms with Crippen molar-refractivity contribution in [1.82, 2.24) is 15.1 Å². The number of nitrogens with one attached hydrogen (secondary N) is 1. The number of nitrogens with zero attached hydrogens (tertiary/aromatic N) is 2. The number of carboxylic acid groups (broad SMARTS) is 1. The van der Waals surface area contributed by atoms with E-state index in [-0.39, 0.29) is 6.54 Å². The van der Waals surface area contributed by atoms with E-state index >= 15 is 0 Å². The average Bonchev–Trinajstić information content (AvgIpc) is 2.79. The van der Waals surface area contributed by atoms with E-state index in [4.69, 9.17) is 11.6 Å². The maximum atomic E-state index is 12.0. The fourth-order valence-corrected chi connectivity index (χ4v) is 2.49. The molecule has 1 heterocycles. The first kappa shape index (κ1) is 15.5. The second-order valence-electron chi connectivity index (χ2n) is 4.84. The third-order valence-electron chi connectivity index (χ3n) is 3.54. The lowest BCUT2D eigenvalue weighted by Crippen LogP contribution is -2.52. The summed E-state index contributed by atoms with van der Waals surface area (Å²) in [6.07, 6.45) is 1.53. The molecule has 0 saturated carbocycles. The molecular weight excluding hydrogens is 290 g/mol. The molecule has 6 heteroatoms. The quantitative estimate of drug-likeness (QED) is 0.860. The summed E-state index contributed by atoms with van der Waals surface area (Å²) in [4.78, 5) is 12.0. The lowest BCUT2D eigenvalue weighted by atomic mass is 9.89. The van der Waals surface area contributed by atoms with Crippen molar-refractivity contribution in [3.63, 3.8) is 0 Å². The van der Waals surface area contributed by atoms with Crippen LogP contribution in [0.15, 0.2) is 36.5 Å². The number of halogens is 1. The molecule has 0 spiro atoms. The highest BCUT2D eigenvalue weighted by Gasteiger charge is 2.40. The van der Waals surface area contributed by atoms with Crippen LogP contribution < -0.4 is 5.32 Å². The molecule has 5 nitrogen and oxygen atoms in total. The maximum Gasteiger partial charge on any atom is 0.330 e. The van der Waals surface area contributed by atoms with E-state index in [1.807, 2.05) is 32.0 Å². The molecule has 2 rings (SSSR count). The summed E-state index contributed by atoms with van der Waals surface area (Å²) in [6.45, 7) is 4.39. The number of likely N-dealkylation sites (N-methyl/N-ethyl adjacent to an activating group) is 1. The Balaban J connectivity index is 2.50. The van der Waals surface area contributed by atoms with E-state index < -0.39 is 11.5 Å². The first-order valence-electron chi connectivity index (χ1n) is 6.73. The topological polar surface area (TPSA) is 67.2 Å². The molecule has 0 bridgehead atoms. The van der Waals surface area contributed by atoms with Crippen LogP contribution in [0, 0.1) is 6.92 Å². The van der Waals surface area contributed by atoms with Gasteiger partial charge < -0.3 is 5.11 Å². The normalized spacial score (nSPS) is 13.9. The lowest BCUT2D eigenvalue weighted by Gasteiger charge is -2.31. The molecule has 0 amide bonds. The number of aromatic nitrogens is 2. The zero-order valence-electron chi connectivity index (χ0n) is 12.0. The zero-order chi connectivity index (χ0) is 15.5. The standard InChI is InChI=1S/C15H18ClN3O2/c1-3-17-15(14(20)21,12-7-5-4-6-8-12)10-19-11(2)13(16)9-18-19/h4-9,17H,3,10H2,1-2H3,(H,20,21). The summed E-state index contributed by atoms with van der Waals surface area (Å²) in [5.74, 6) is -0.943. The number of rotatable bonds is 6. The number of carboxylic acids is 1. The highest BCUT2D eigenvalue weighted by Crippen LogP contribution is 2.26. The SMILES string of the molecule is CCNC(Cn1ncc(Cl)c1C)(C(=O)O)c1ccccc1. The van der Waals surface area contributed by atoms with E-state index in [0.29, 0.717) is 17.1 Å². The molecule has 0 radical (unpaired) electrons. The molecule has 112 valence electrons. The smallest absolute Gasteiger partial charge is 0.330 e. The summed E-state index contributed by atoms with van der Waals surface area (Å²) < 4.78 is 1.62. The van der Waals surface area contributed by atoms with Crippen molar-refractivity contribution in [2.24, 2.45) is 0 Å². The third-order valence-corrected chi connectivity index (χ3v) is 3.91. The van der Waals surface area contributed by atoms with Gasteiger partial charge in [0.25, 0.3) is 0 Å². The fourth-order valence-electron chi connectivity index (χ4n) is 2.35. The van der Waals surface area contributed by atoms with Crippen molar-refractivity contribution < 1.29 is 9.90 Å². The Morgan fingerprint density at radius 2 is 2.10 bits per heavy atom. The molecule has 0 aliphatic rings. The highest BCUT2D eigenvalue weighted by molar-refractivity contribution is 6.31. The van der Waals surface area contributed by atoms with Gasteiger partial charge in [-0.05, 0) is 19.0 Å². The summed E-state index contributed by atoms with van der Waals surface area (Å²) in [5, 5.41) is 17.6.